The SMILES string of the molecule is CN[C@@H](C)C(=O)N[C@@H](Cc1ccccc1)C(=O)N1CC2(CC2C)C[C@H]1C(=O)NCCc1ccccc1. The molecule has 1 aliphatic heterocycles. The Balaban J connectivity index is 1.49. The molecule has 7 heteroatoms. The fourth-order valence-electron chi connectivity index (χ4n) is 5.30. The second-order valence-corrected chi connectivity index (χ2v) is 10.4. The second-order valence-electron chi connectivity index (χ2n) is 10.4. The van der Waals surface area contributed by atoms with Gasteiger partial charge in [-0.1, -0.05) is 67.6 Å². The van der Waals surface area contributed by atoms with E-state index in [-0.39, 0.29) is 23.1 Å². The number of hydrogen-bond acceptors (Lipinski definition) is 4. The Hall–Kier alpha value is -3.19. The van der Waals surface area contributed by atoms with E-state index in [1.165, 1.54) is 0 Å². The minimum absolute atomic E-state index is 0.0106. The van der Waals surface area contributed by atoms with Crippen LogP contribution in [0, 0.1) is 11.3 Å². The maximum absolute atomic E-state index is 13.9. The molecule has 2 aromatic carbocycles. The quantitative estimate of drug-likeness (QED) is 0.477. The molecule has 1 saturated heterocycles. The van der Waals surface area contributed by atoms with Gasteiger partial charge in [0, 0.05) is 19.5 Å². The van der Waals surface area contributed by atoms with Crippen LogP contribution in [0.3, 0.4) is 0 Å². The molecule has 2 aliphatic rings. The van der Waals surface area contributed by atoms with Crippen LogP contribution in [-0.4, -0.2) is 60.9 Å². The Labute approximate surface area is 214 Å². The lowest BCUT2D eigenvalue weighted by atomic mass is 10.00. The molecular formula is C29H38N4O3. The predicted molar refractivity (Wildman–Crippen MR) is 140 cm³/mol. The first-order valence-corrected chi connectivity index (χ1v) is 13.0. The minimum Gasteiger partial charge on any atom is -0.354 e. The normalized spacial score (nSPS) is 24.2. The molecular weight excluding hydrogens is 452 g/mol. The van der Waals surface area contributed by atoms with Crippen molar-refractivity contribution in [3.8, 4) is 0 Å². The third-order valence-corrected chi connectivity index (χ3v) is 7.92. The maximum Gasteiger partial charge on any atom is 0.246 e. The van der Waals surface area contributed by atoms with Gasteiger partial charge in [0.1, 0.15) is 12.1 Å². The van der Waals surface area contributed by atoms with Crippen LogP contribution < -0.4 is 16.0 Å². The zero-order chi connectivity index (χ0) is 25.7. The molecule has 1 saturated carbocycles. The van der Waals surface area contributed by atoms with E-state index in [1.807, 2.05) is 60.7 Å². The summed E-state index contributed by atoms with van der Waals surface area (Å²) in [5.74, 6) is -0.0379. The molecule has 3 amide bonds. The van der Waals surface area contributed by atoms with Crippen molar-refractivity contribution in [1.82, 2.24) is 20.9 Å². The first kappa shape index (κ1) is 25.9. The summed E-state index contributed by atoms with van der Waals surface area (Å²) in [6.07, 6.45) is 2.82. The molecule has 36 heavy (non-hydrogen) atoms. The minimum atomic E-state index is -0.737. The zero-order valence-electron chi connectivity index (χ0n) is 21.5. The van der Waals surface area contributed by atoms with Gasteiger partial charge < -0.3 is 20.9 Å². The van der Waals surface area contributed by atoms with Gasteiger partial charge in [-0.25, -0.2) is 0 Å². The van der Waals surface area contributed by atoms with Crippen molar-refractivity contribution >= 4 is 17.7 Å². The van der Waals surface area contributed by atoms with E-state index in [9.17, 15) is 14.4 Å². The van der Waals surface area contributed by atoms with Crippen molar-refractivity contribution < 1.29 is 14.4 Å². The zero-order valence-corrected chi connectivity index (χ0v) is 21.5. The number of nitrogens with one attached hydrogen (secondary N) is 3. The number of rotatable bonds is 10. The van der Waals surface area contributed by atoms with E-state index in [2.05, 4.69) is 22.9 Å². The summed E-state index contributed by atoms with van der Waals surface area (Å²) in [6, 6.07) is 18.0. The van der Waals surface area contributed by atoms with Crippen LogP contribution in [0.4, 0.5) is 0 Å². The number of carbonyl (C=O) groups is 3. The van der Waals surface area contributed by atoms with Gasteiger partial charge in [0.15, 0.2) is 0 Å². The molecule has 2 aromatic rings. The topological polar surface area (TPSA) is 90.5 Å². The molecule has 0 aromatic heterocycles. The largest absolute Gasteiger partial charge is 0.354 e. The molecule has 5 atom stereocenters. The molecule has 4 rings (SSSR count). The molecule has 7 nitrogen and oxygen atoms in total. The standard InChI is InChI=1S/C29H38N4O3/c1-20-17-29(20)18-25(27(35)31-15-14-22-10-6-4-7-11-22)33(19-29)28(36)24(32-26(34)21(2)30-3)16-23-12-8-5-9-13-23/h4-13,20-21,24-25,30H,14-19H2,1-3H3,(H,31,35)(H,32,34)/t20?,21-,24-,25-,29?/m0/s1. The lowest BCUT2D eigenvalue weighted by molar-refractivity contribution is -0.141. The summed E-state index contributed by atoms with van der Waals surface area (Å²) < 4.78 is 0. The Morgan fingerprint density at radius 3 is 2.19 bits per heavy atom. The predicted octanol–water partition coefficient (Wildman–Crippen LogP) is 2.31. The van der Waals surface area contributed by atoms with Crippen LogP contribution in [0.1, 0.15) is 37.8 Å². The number of likely N-dealkylation sites (tertiary alicyclic amines) is 1. The highest BCUT2D eigenvalue weighted by molar-refractivity contribution is 5.94. The average Bonchev–Trinajstić information content (AvgIpc) is 3.34. The summed E-state index contributed by atoms with van der Waals surface area (Å²) in [5, 5.41) is 8.95. The Morgan fingerprint density at radius 1 is 1.00 bits per heavy atom. The third-order valence-electron chi connectivity index (χ3n) is 7.92. The van der Waals surface area contributed by atoms with E-state index >= 15 is 0 Å². The summed E-state index contributed by atoms with van der Waals surface area (Å²) >= 11 is 0. The van der Waals surface area contributed by atoms with Gasteiger partial charge in [0.25, 0.3) is 0 Å². The van der Waals surface area contributed by atoms with Gasteiger partial charge in [-0.15, -0.1) is 0 Å². The van der Waals surface area contributed by atoms with Crippen LogP contribution >= 0.6 is 0 Å². The van der Waals surface area contributed by atoms with Gasteiger partial charge >= 0.3 is 0 Å². The van der Waals surface area contributed by atoms with Gasteiger partial charge in [-0.05, 0) is 55.7 Å². The summed E-state index contributed by atoms with van der Waals surface area (Å²) in [4.78, 5) is 41.8. The van der Waals surface area contributed by atoms with Crippen LogP contribution in [0.25, 0.3) is 0 Å². The van der Waals surface area contributed by atoms with Gasteiger partial charge in [0.2, 0.25) is 17.7 Å². The van der Waals surface area contributed by atoms with E-state index in [0.29, 0.717) is 31.8 Å². The van der Waals surface area contributed by atoms with Gasteiger partial charge in [-0.3, -0.25) is 14.4 Å². The molecule has 3 N–H and O–H groups in total. The molecule has 192 valence electrons. The highest BCUT2D eigenvalue weighted by Gasteiger charge is 2.60. The first-order valence-electron chi connectivity index (χ1n) is 13.0. The van der Waals surface area contributed by atoms with Gasteiger partial charge in [0.05, 0.1) is 6.04 Å². The molecule has 1 aliphatic carbocycles. The molecule has 0 radical (unpaired) electrons. The Kier molecular flexibility index (Phi) is 8.09. The Morgan fingerprint density at radius 2 is 1.61 bits per heavy atom. The summed E-state index contributed by atoms with van der Waals surface area (Å²) in [6.45, 7) is 5.04. The van der Waals surface area contributed by atoms with E-state index < -0.39 is 18.1 Å². The monoisotopic (exact) mass is 490 g/mol. The van der Waals surface area contributed by atoms with Crippen molar-refractivity contribution in [1.29, 1.82) is 0 Å². The number of nitrogens with zero attached hydrogens (tertiary/aromatic N) is 1. The van der Waals surface area contributed by atoms with Crippen molar-refractivity contribution in [3.63, 3.8) is 0 Å². The summed E-state index contributed by atoms with van der Waals surface area (Å²) in [5.41, 5.74) is 2.14. The molecule has 2 unspecified atom stereocenters. The summed E-state index contributed by atoms with van der Waals surface area (Å²) in [7, 11) is 1.72. The van der Waals surface area contributed by atoms with Crippen molar-refractivity contribution in [3.05, 3.63) is 71.8 Å². The van der Waals surface area contributed by atoms with Crippen LogP contribution in [0.5, 0.6) is 0 Å². The number of hydrogen-bond donors (Lipinski definition) is 3. The maximum atomic E-state index is 13.9. The van der Waals surface area contributed by atoms with Crippen molar-refractivity contribution in [2.75, 3.05) is 20.1 Å². The van der Waals surface area contributed by atoms with Crippen LogP contribution in [-0.2, 0) is 27.2 Å². The molecule has 1 spiro atoms. The first-order chi connectivity index (χ1) is 17.3. The highest BCUT2D eigenvalue weighted by Crippen LogP contribution is 2.59. The van der Waals surface area contributed by atoms with Crippen molar-refractivity contribution in [2.45, 2.75) is 57.7 Å². The second kappa shape index (κ2) is 11.2. The van der Waals surface area contributed by atoms with Crippen LogP contribution in [0.15, 0.2) is 60.7 Å². The number of likely N-dealkylation sites (N-methyl/N-ethyl adjacent to an activating group) is 1. The highest BCUT2D eigenvalue weighted by atomic mass is 16.2. The van der Waals surface area contributed by atoms with E-state index in [0.717, 1.165) is 24.0 Å². The van der Waals surface area contributed by atoms with Crippen molar-refractivity contribution in [2.24, 2.45) is 11.3 Å². The van der Waals surface area contributed by atoms with Crippen LogP contribution in [0.2, 0.25) is 0 Å². The third kappa shape index (κ3) is 5.95. The molecule has 1 heterocycles. The Bertz CT molecular complexity index is 1060. The average molecular weight is 491 g/mol. The smallest absolute Gasteiger partial charge is 0.246 e. The lowest BCUT2D eigenvalue weighted by Gasteiger charge is -2.29. The van der Waals surface area contributed by atoms with Gasteiger partial charge in [-0.2, -0.15) is 0 Å². The van der Waals surface area contributed by atoms with E-state index in [1.54, 1.807) is 18.9 Å². The fraction of sp³-hybridized carbons (Fsp3) is 0.483. The fourth-order valence-corrected chi connectivity index (χ4v) is 5.30. The molecule has 2 fully saturated rings. The molecule has 0 bridgehead atoms. The number of carbonyl (C=O) groups excluding carboxylic acids is 3. The number of amides is 3. The lowest BCUT2D eigenvalue weighted by Crippen LogP contribution is -2.56. The van der Waals surface area contributed by atoms with E-state index in [4.69, 9.17) is 0 Å². The number of benzene rings is 2.